The lowest BCUT2D eigenvalue weighted by Crippen LogP contribution is -2.25. The first-order valence-corrected chi connectivity index (χ1v) is 7.41. The average Bonchev–Trinajstić information content (AvgIpc) is 2.87. The van der Waals surface area contributed by atoms with Crippen molar-refractivity contribution in [3.8, 4) is 0 Å². The van der Waals surface area contributed by atoms with Crippen LogP contribution in [-0.4, -0.2) is 26.8 Å². The van der Waals surface area contributed by atoms with Crippen molar-refractivity contribution in [2.75, 3.05) is 6.54 Å². The zero-order chi connectivity index (χ0) is 15.4. The van der Waals surface area contributed by atoms with Gasteiger partial charge in [-0.3, -0.25) is 0 Å². The van der Waals surface area contributed by atoms with E-state index in [9.17, 15) is 8.78 Å². The number of halogens is 3. The Morgan fingerprint density at radius 1 is 1.38 bits per heavy atom. The van der Waals surface area contributed by atoms with E-state index in [0.29, 0.717) is 17.8 Å². The van der Waals surface area contributed by atoms with Gasteiger partial charge in [-0.2, -0.15) is 4.80 Å². The van der Waals surface area contributed by atoms with Crippen LogP contribution in [0, 0.1) is 11.6 Å². The van der Waals surface area contributed by atoms with Gasteiger partial charge in [-0.15, -0.1) is 10.2 Å². The quantitative estimate of drug-likeness (QED) is 0.805. The maximum absolute atomic E-state index is 13.7. The molecule has 0 amide bonds. The Balaban J connectivity index is 2.29. The second-order valence-corrected chi connectivity index (χ2v) is 5.46. The zero-order valence-corrected chi connectivity index (χ0v) is 13.4. The molecule has 0 radical (unpaired) electrons. The second kappa shape index (κ2) is 7.04. The Morgan fingerprint density at radius 3 is 2.76 bits per heavy atom. The van der Waals surface area contributed by atoms with Crippen molar-refractivity contribution in [1.29, 1.82) is 0 Å². The molecule has 0 bridgehead atoms. The fourth-order valence-corrected chi connectivity index (χ4v) is 2.61. The van der Waals surface area contributed by atoms with Crippen LogP contribution in [0.15, 0.2) is 16.6 Å². The molecule has 5 nitrogen and oxygen atoms in total. The molecular formula is C13H16BrF2N5. The van der Waals surface area contributed by atoms with Crippen LogP contribution in [0.5, 0.6) is 0 Å². The van der Waals surface area contributed by atoms with Crippen molar-refractivity contribution in [2.24, 2.45) is 7.05 Å². The third-order valence-corrected chi connectivity index (χ3v) is 3.82. The van der Waals surface area contributed by atoms with Crippen LogP contribution >= 0.6 is 15.9 Å². The molecule has 1 unspecified atom stereocenters. The molecule has 1 heterocycles. The molecule has 2 aromatic rings. The van der Waals surface area contributed by atoms with E-state index in [2.05, 4.69) is 36.7 Å². The summed E-state index contributed by atoms with van der Waals surface area (Å²) in [7, 11) is 1.68. The predicted molar refractivity (Wildman–Crippen MR) is 77.6 cm³/mol. The highest BCUT2D eigenvalue weighted by atomic mass is 79.9. The number of nitrogens with zero attached hydrogens (tertiary/aromatic N) is 4. The summed E-state index contributed by atoms with van der Waals surface area (Å²) in [5.74, 6) is -1.22. The third-order valence-electron chi connectivity index (χ3n) is 3.02. The molecular weight excluding hydrogens is 344 g/mol. The lowest BCUT2D eigenvalue weighted by molar-refractivity contribution is 0.484. The summed E-state index contributed by atoms with van der Waals surface area (Å²) in [5.41, 5.74) is 0.634. The van der Waals surface area contributed by atoms with Gasteiger partial charge in [0.1, 0.15) is 0 Å². The van der Waals surface area contributed by atoms with E-state index in [1.807, 2.05) is 6.92 Å². The van der Waals surface area contributed by atoms with Gasteiger partial charge in [-0.05, 0) is 45.7 Å². The van der Waals surface area contributed by atoms with Gasteiger partial charge in [0.2, 0.25) is 0 Å². The molecule has 8 heteroatoms. The van der Waals surface area contributed by atoms with Crippen LogP contribution in [0.4, 0.5) is 8.78 Å². The van der Waals surface area contributed by atoms with Crippen LogP contribution in [0.1, 0.15) is 30.8 Å². The van der Waals surface area contributed by atoms with E-state index >= 15 is 0 Å². The number of rotatable bonds is 6. The number of nitrogens with one attached hydrogen (secondary N) is 1. The van der Waals surface area contributed by atoms with Crippen LogP contribution in [0.25, 0.3) is 0 Å². The molecule has 0 aliphatic carbocycles. The summed E-state index contributed by atoms with van der Waals surface area (Å²) >= 11 is 3.13. The maximum atomic E-state index is 13.7. The molecule has 0 aliphatic heterocycles. The second-order valence-electron chi connectivity index (χ2n) is 4.67. The number of hydrogen-bond acceptors (Lipinski definition) is 4. The normalized spacial score (nSPS) is 12.6. The van der Waals surface area contributed by atoms with Gasteiger partial charge in [0.05, 0.1) is 11.5 Å². The van der Waals surface area contributed by atoms with Gasteiger partial charge in [-0.25, -0.2) is 8.78 Å². The average molecular weight is 360 g/mol. The fraction of sp³-hybridized carbons (Fsp3) is 0.462. The third kappa shape index (κ3) is 3.82. The molecule has 1 aromatic carbocycles. The molecule has 0 spiro atoms. The van der Waals surface area contributed by atoms with E-state index < -0.39 is 11.6 Å². The summed E-state index contributed by atoms with van der Waals surface area (Å²) in [6.45, 7) is 2.78. The van der Waals surface area contributed by atoms with Gasteiger partial charge >= 0.3 is 0 Å². The van der Waals surface area contributed by atoms with Gasteiger partial charge < -0.3 is 5.32 Å². The highest BCUT2D eigenvalue weighted by molar-refractivity contribution is 9.10. The van der Waals surface area contributed by atoms with E-state index in [0.717, 1.165) is 19.0 Å². The Bertz CT molecular complexity index is 617. The van der Waals surface area contributed by atoms with Crippen molar-refractivity contribution in [3.63, 3.8) is 0 Å². The number of aryl methyl sites for hydroxylation is 1. The highest BCUT2D eigenvalue weighted by Gasteiger charge is 2.20. The minimum Gasteiger partial charge on any atom is -0.310 e. The Kier molecular flexibility index (Phi) is 5.35. The Labute approximate surface area is 129 Å². The number of tetrazole rings is 1. The molecule has 114 valence electrons. The van der Waals surface area contributed by atoms with Gasteiger partial charge in [0, 0.05) is 12.5 Å². The van der Waals surface area contributed by atoms with E-state index in [-0.39, 0.29) is 10.5 Å². The van der Waals surface area contributed by atoms with E-state index in [1.54, 1.807) is 13.1 Å². The lowest BCUT2D eigenvalue weighted by atomic mass is 10.0. The number of aromatic nitrogens is 4. The lowest BCUT2D eigenvalue weighted by Gasteiger charge is -2.19. The highest BCUT2D eigenvalue weighted by Crippen LogP contribution is 2.29. The first-order valence-electron chi connectivity index (χ1n) is 6.62. The van der Waals surface area contributed by atoms with Crippen molar-refractivity contribution >= 4 is 15.9 Å². The summed E-state index contributed by atoms with van der Waals surface area (Å²) < 4.78 is 27.1. The first kappa shape index (κ1) is 16.0. The molecule has 1 N–H and O–H groups in total. The minimum atomic E-state index is -0.886. The molecule has 0 aliphatic rings. The molecule has 1 atom stereocenters. The standard InChI is InChI=1S/C13H16BrF2N5/c1-3-6-17-10(7-11-18-20-21(2)19-11)8-4-5-9(15)13(16)12(8)14/h4-5,10,17H,3,6-7H2,1-2H3. The summed E-state index contributed by atoms with van der Waals surface area (Å²) in [6, 6.07) is 2.46. The number of benzene rings is 1. The minimum absolute atomic E-state index is 0.125. The van der Waals surface area contributed by atoms with Gasteiger partial charge in [-0.1, -0.05) is 13.0 Å². The molecule has 21 heavy (non-hydrogen) atoms. The van der Waals surface area contributed by atoms with Gasteiger partial charge in [0.25, 0.3) is 0 Å². The predicted octanol–water partition coefficient (Wildman–Crippen LogP) is 2.53. The molecule has 0 saturated carbocycles. The first-order chi connectivity index (χ1) is 10.0. The Hall–Kier alpha value is -1.41. The maximum Gasteiger partial charge on any atom is 0.176 e. The van der Waals surface area contributed by atoms with Crippen LogP contribution in [0.3, 0.4) is 0 Å². The van der Waals surface area contributed by atoms with Crippen LogP contribution in [-0.2, 0) is 13.5 Å². The van der Waals surface area contributed by atoms with Crippen molar-refractivity contribution < 1.29 is 8.78 Å². The molecule has 0 fully saturated rings. The van der Waals surface area contributed by atoms with Crippen molar-refractivity contribution in [2.45, 2.75) is 25.8 Å². The zero-order valence-electron chi connectivity index (χ0n) is 11.8. The summed E-state index contributed by atoms with van der Waals surface area (Å²) in [6.07, 6.45) is 1.36. The SMILES string of the molecule is CCCNC(Cc1nnn(C)n1)c1ccc(F)c(F)c1Br. The van der Waals surface area contributed by atoms with Crippen molar-refractivity contribution in [1.82, 2.24) is 25.5 Å². The monoisotopic (exact) mass is 359 g/mol. The summed E-state index contributed by atoms with van der Waals surface area (Å²) in [4.78, 5) is 1.37. The van der Waals surface area contributed by atoms with Crippen LogP contribution < -0.4 is 5.32 Å². The Morgan fingerprint density at radius 2 is 2.14 bits per heavy atom. The smallest absolute Gasteiger partial charge is 0.176 e. The fourth-order valence-electron chi connectivity index (χ4n) is 2.01. The van der Waals surface area contributed by atoms with Crippen LogP contribution in [0.2, 0.25) is 0 Å². The van der Waals surface area contributed by atoms with E-state index in [1.165, 1.54) is 4.80 Å². The van der Waals surface area contributed by atoms with Crippen molar-refractivity contribution in [3.05, 3.63) is 39.6 Å². The molecule has 1 aromatic heterocycles. The summed E-state index contributed by atoms with van der Waals surface area (Å²) in [5, 5.41) is 15.1. The largest absolute Gasteiger partial charge is 0.310 e. The topological polar surface area (TPSA) is 55.6 Å². The number of hydrogen-bond donors (Lipinski definition) is 1. The van der Waals surface area contributed by atoms with E-state index in [4.69, 9.17) is 0 Å². The molecule has 0 saturated heterocycles. The van der Waals surface area contributed by atoms with Gasteiger partial charge in [0.15, 0.2) is 17.5 Å². The molecule has 2 rings (SSSR count).